The first kappa shape index (κ1) is 16.5. The molecule has 126 valence electrons. The van der Waals surface area contributed by atoms with Crippen molar-refractivity contribution in [2.75, 3.05) is 12.4 Å². The van der Waals surface area contributed by atoms with Crippen LogP contribution in [0, 0.1) is 6.92 Å². The normalized spacial score (nSPS) is 11.0. The van der Waals surface area contributed by atoms with Crippen molar-refractivity contribution in [3.8, 4) is 5.75 Å². The third kappa shape index (κ3) is 3.61. The number of benzene rings is 2. The highest BCUT2D eigenvalue weighted by molar-refractivity contribution is 6.02. The predicted octanol–water partition coefficient (Wildman–Crippen LogP) is 3.76. The standard InChI is InChI=1S/C20H17NO4/c1-13-7-9-17-15(11-13)20(23)14(12-25-17)8-10-19(22)21-16-5-3-4-6-18(16)24-2/h3-12H,1-2H3,(H,21,22)/b10-8+. The van der Waals surface area contributed by atoms with Gasteiger partial charge in [-0.2, -0.15) is 0 Å². The Bertz CT molecular complexity index is 1020. The summed E-state index contributed by atoms with van der Waals surface area (Å²) in [5.41, 5.74) is 2.18. The lowest BCUT2D eigenvalue weighted by atomic mass is 10.1. The second-order valence-electron chi connectivity index (χ2n) is 5.54. The van der Waals surface area contributed by atoms with Crippen molar-refractivity contribution in [3.05, 3.63) is 76.2 Å². The molecule has 0 aliphatic carbocycles. The second-order valence-corrected chi connectivity index (χ2v) is 5.54. The van der Waals surface area contributed by atoms with Gasteiger partial charge < -0.3 is 14.5 Å². The minimum Gasteiger partial charge on any atom is -0.495 e. The molecule has 5 nitrogen and oxygen atoms in total. The molecule has 0 aliphatic heterocycles. The van der Waals surface area contributed by atoms with Crippen molar-refractivity contribution in [1.82, 2.24) is 0 Å². The van der Waals surface area contributed by atoms with E-state index in [1.165, 1.54) is 25.5 Å². The zero-order valence-electron chi connectivity index (χ0n) is 13.9. The average molecular weight is 335 g/mol. The quantitative estimate of drug-likeness (QED) is 0.737. The maximum atomic E-state index is 12.5. The molecule has 0 saturated heterocycles. The largest absolute Gasteiger partial charge is 0.495 e. The van der Waals surface area contributed by atoms with Crippen LogP contribution in [0.25, 0.3) is 17.0 Å². The summed E-state index contributed by atoms with van der Waals surface area (Å²) in [6.07, 6.45) is 4.09. The number of carbonyl (C=O) groups excluding carboxylic acids is 1. The van der Waals surface area contributed by atoms with E-state index in [0.717, 1.165) is 5.56 Å². The lowest BCUT2D eigenvalue weighted by Crippen LogP contribution is -2.10. The lowest BCUT2D eigenvalue weighted by molar-refractivity contribution is -0.111. The average Bonchev–Trinajstić information content (AvgIpc) is 2.62. The molecule has 0 atom stereocenters. The third-order valence-corrected chi connectivity index (χ3v) is 3.73. The minimum atomic E-state index is -0.367. The summed E-state index contributed by atoms with van der Waals surface area (Å²) in [4.78, 5) is 24.6. The smallest absolute Gasteiger partial charge is 0.248 e. The van der Waals surface area contributed by atoms with Crippen molar-refractivity contribution in [1.29, 1.82) is 0 Å². The van der Waals surface area contributed by atoms with E-state index in [-0.39, 0.29) is 11.3 Å². The Kier molecular flexibility index (Phi) is 4.66. The number of fused-ring (bicyclic) bond motifs is 1. The number of methoxy groups -OCH3 is 1. The molecule has 2 aromatic carbocycles. The molecule has 3 aromatic rings. The summed E-state index contributed by atoms with van der Waals surface area (Å²) in [6.45, 7) is 1.90. The van der Waals surface area contributed by atoms with Gasteiger partial charge in [0.25, 0.3) is 0 Å². The van der Waals surface area contributed by atoms with Gasteiger partial charge in [0.05, 0.1) is 23.7 Å². The molecule has 1 amide bonds. The molecule has 1 N–H and O–H groups in total. The molecule has 0 radical (unpaired) electrons. The number of aryl methyl sites for hydroxylation is 1. The molecule has 1 heterocycles. The third-order valence-electron chi connectivity index (χ3n) is 3.73. The van der Waals surface area contributed by atoms with Crippen LogP contribution >= 0.6 is 0 Å². The highest BCUT2D eigenvalue weighted by atomic mass is 16.5. The van der Waals surface area contributed by atoms with E-state index in [0.29, 0.717) is 28.0 Å². The van der Waals surface area contributed by atoms with Crippen LogP contribution < -0.4 is 15.5 Å². The molecule has 3 rings (SSSR count). The van der Waals surface area contributed by atoms with Gasteiger partial charge in [0, 0.05) is 6.08 Å². The van der Waals surface area contributed by atoms with Gasteiger partial charge in [-0.25, -0.2) is 0 Å². The SMILES string of the molecule is COc1ccccc1NC(=O)/C=C/c1coc2ccc(C)cc2c1=O. The summed E-state index contributed by atoms with van der Waals surface area (Å²) in [7, 11) is 1.53. The molecule has 1 aromatic heterocycles. The molecule has 0 unspecified atom stereocenters. The Morgan fingerprint density at radius 3 is 2.80 bits per heavy atom. The van der Waals surface area contributed by atoms with Crippen LogP contribution in [0.1, 0.15) is 11.1 Å². The fourth-order valence-electron chi connectivity index (χ4n) is 2.46. The number of para-hydroxylation sites is 2. The number of nitrogens with one attached hydrogen (secondary N) is 1. The van der Waals surface area contributed by atoms with Crippen LogP contribution in [0.4, 0.5) is 5.69 Å². The number of hydrogen-bond donors (Lipinski definition) is 1. The summed E-state index contributed by atoms with van der Waals surface area (Å²) in [5.74, 6) is 0.193. The number of ether oxygens (including phenoxy) is 1. The van der Waals surface area contributed by atoms with E-state index >= 15 is 0 Å². The first-order chi connectivity index (χ1) is 12.1. The minimum absolute atomic E-state index is 0.175. The van der Waals surface area contributed by atoms with Crippen molar-refractivity contribution >= 4 is 28.6 Å². The summed E-state index contributed by atoms with van der Waals surface area (Å²) in [5, 5.41) is 3.21. The van der Waals surface area contributed by atoms with Gasteiger partial charge in [0.1, 0.15) is 17.6 Å². The molecule has 0 fully saturated rings. The van der Waals surface area contributed by atoms with Crippen molar-refractivity contribution in [3.63, 3.8) is 0 Å². The molecule has 25 heavy (non-hydrogen) atoms. The monoisotopic (exact) mass is 335 g/mol. The van der Waals surface area contributed by atoms with Gasteiger partial charge in [-0.3, -0.25) is 9.59 Å². The van der Waals surface area contributed by atoms with Crippen LogP contribution in [-0.4, -0.2) is 13.0 Å². The molecule has 0 aliphatic rings. The molecular formula is C20H17NO4. The van der Waals surface area contributed by atoms with Crippen molar-refractivity contribution in [2.24, 2.45) is 0 Å². The Hall–Kier alpha value is -3.34. The Morgan fingerprint density at radius 1 is 1.20 bits per heavy atom. The van der Waals surface area contributed by atoms with E-state index in [4.69, 9.17) is 9.15 Å². The predicted molar refractivity (Wildman–Crippen MR) is 97.9 cm³/mol. The molecule has 0 bridgehead atoms. The van der Waals surface area contributed by atoms with E-state index in [9.17, 15) is 9.59 Å². The van der Waals surface area contributed by atoms with Crippen LogP contribution in [0.3, 0.4) is 0 Å². The van der Waals surface area contributed by atoms with Gasteiger partial charge in [0.15, 0.2) is 5.43 Å². The number of hydrogen-bond acceptors (Lipinski definition) is 4. The second kappa shape index (κ2) is 7.05. The highest BCUT2D eigenvalue weighted by Crippen LogP contribution is 2.23. The van der Waals surface area contributed by atoms with Gasteiger partial charge in [0.2, 0.25) is 5.91 Å². The van der Waals surface area contributed by atoms with Crippen LogP contribution in [0.2, 0.25) is 0 Å². The number of amides is 1. The Morgan fingerprint density at radius 2 is 2.00 bits per heavy atom. The van der Waals surface area contributed by atoms with Crippen molar-refractivity contribution in [2.45, 2.75) is 6.92 Å². The van der Waals surface area contributed by atoms with Gasteiger partial charge in [-0.15, -0.1) is 0 Å². The molecular weight excluding hydrogens is 318 g/mol. The fraction of sp³-hybridized carbons (Fsp3) is 0.100. The Balaban J connectivity index is 1.84. The van der Waals surface area contributed by atoms with Crippen LogP contribution in [0.5, 0.6) is 5.75 Å². The van der Waals surface area contributed by atoms with E-state index in [2.05, 4.69) is 5.32 Å². The maximum absolute atomic E-state index is 12.5. The summed E-state index contributed by atoms with van der Waals surface area (Å²) in [6, 6.07) is 12.5. The van der Waals surface area contributed by atoms with E-state index in [1.807, 2.05) is 19.1 Å². The fourth-order valence-corrected chi connectivity index (χ4v) is 2.46. The highest BCUT2D eigenvalue weighted by Gasteiger charge is 2.07. The molecule has 0 saturated carbocycles. The summed E-state index contributed by atoms with van der Waals surface area (Å²) >= 11 is 0. The molecule has 0 spiro atoms. The van der Waals surface area contributed by atoms with Gasteiger partial charge >= 0.3 is 0 Å². The van der Waals surface area contributed by atoms with Crippen LogP contribution in [0.15, 0.2) is 64.0 Å². The number of anilines is 1. The van der Waals surface area contributed by atoms with Gasteiger partial charge in [-0.1, -0.05) is 23.8 Å². The first-order valence-electron chi connectivity index (χ1n) is 7.73. The van der Waals surface area contributed by atoms with Crippen molar-refractivity contribution < 1.29 is 13.9 Å². The number of carbonyl (C=O) groups is 1. The zero-order valence-corrected chi connectivity index (χ0v) is 13.9. The zero-order chi connectivity index (χ0) is 17.8. The lowest BCUT2D eigenvalue weighted by Gasteiger charge is -2.07. The van der Waals surface area contributed by atoms with E-state index in [1.54, 1.807) is 30.3 Å². The van der Waals surface area contributed by atoms with Gasteiger partial charge in [-0.05, 0) is 37.3 Å². The maximum Gasteiger partial charge on any atom is 0.248 e. The Labute approximate surface area is 144 Å². The van der Waals surface area contributed by atoms with Crippen LogP contribution in [-0.2, 0) is 4.79 Å². The summed E-state index contributed by atoms with van der Waals surface area (Å²) < 4.78 is 10.6. The molecule has 5 heteroatoms. The number of rotatable bonds is 4. The topological polar surface area (TPSA) is 68.5 Å². The first-order valence-corrected chi connectivity index (χ1v) is 7.73. The van der Waals surface area contributed by atoms with E-state index < -0.39 is 0 Å².